The van der Waals surface area contributed by atoms with Gasteiger partial charge in [-0.2, -0.15) is 5.26 Å². The highest BCUT2D eigenvalue weighted by Crippen LogP contribution is 2.47. The number of imide groups is 1. The molecule has 2 aliphatic rings. The Morgan fingerprint density at radius 1 is 1.10 bits per heavy atom. The summed E-state index contributed by atoms with van der Waals surface area (Å²) in [7, 11) is -1.62. The number of benzene rings is 1. The Morgan fingerprint density at radius 2 is 1.73 bits per heavy atom. The van der Waals surface area contributed by atoms with E-state index >= 15 is 0 Å². The number of carbonyl (C=O) groups is 2. The minimum Gasteiger partial charge on any atom is -0.350 e. The molecule has 2 aliphatic heterocycles. The molecule has 2 aromatic rings. The molecule has 4 atom stereocenters. The van der Waals surface area contributed by atoms with Crippen LogP contribution < -0.4 is 11.2 Å². The molecule has 0 bridgehead atoms. The van der Waals surface area contributed by atoms with E-state index in [1.165, 1.54) is 15.7 Å². The zero-order chi connectivity index (χ0) is 29.1. The van der Waals surface area contributed by atoms with Crippen LogP contribution in [-0.2, 0) is 13.8 Å². The van der Waals surface area contributed by atoms with Crippen molar-refractivity contribution in [3.63, 3.8) is 0 Å². The molecule has 12 nitrogen and oxygen atoms in total. The number of nitrogens with zero attached hydrogens (tertiary/aromatic N) is 4. The van der Waals surface area contributed by atoms with Crippen molar-refractivity contribution in [1.29, 1.82) is 5.26 Å². The highest BCUT2D eigenvalue weighted by Gasteiger charge is 2.49. The van der Waals surface area contributed by atoms with Crippen molar-refractivity contribution in [2.24, 2.45) is 0 Å². The van der Waals surface area contributed by atoms with Crippen LogP contribution in [0, 0.1) is 18.3 Å². The summed E-state index contributed by atoms with van der Waals surface area (Å²) in [5.41, 5.74) is -0.227. The van der Waals surface area contributed by atoms with Crippen LogP contribution in [0.1, 0.15) is 73.0 Å². The lowest BCUT2D eigenvalue weighted by Gasteiger charge is -2.36. The first-order valence-corrected chi connectivity index (χ1v) is 14.3. The maximum atomic E-state index is 13.4. The zero-order valence-corrected chi connectivity index (χ0v) is 24.1. The summed E-state index contributed by atoms with van der Waals surface area (Å²) in [4.78, 5) is 54.8. The van der Waals surface area contributed by atoms with Gasteiger partial charge in [-0.3, -0.25) is 28.8 Å². The summed E-state index contributed by atoms with van der Waals surface area (Å²) in [6, 6.07) is 8.06. The Labute approximate surface area is 233 Å². The number of aromatic nitrogens is 2. The number of rotatable bonds is 11. The van der Waals surface area contributed by atoms with Crippen molar-refractivity contribution in [3.8, 4) is 6.07 Å². The van der Waals surface area contributed by atoms with E-state index in [0.29, 0.717) is 16.7 Å². The lowest BCUT2D eigenvalue weighted by molar-refractivity contribution is -0.0328. The van der Waals surface area contributed by atoms with Gasteiger partial charge in [-0.15, -0.1) is 0 Å². The molecule has 0 aliphatic carbocycles. The smallest absolute Gasteiger partial charge is 0.330 e. The van der Waals surface area contributed by atoms with Crippen molar-refractivity contribution in [2.75, 3.05) is 13.2 Å². The standard InChI is InChI=1S/C27H34N5O7P/c1-16(2)32(17(3)4)40(37-12-8-11-28)38-15-22-21(31-25(34)19-9-6-7-10-20(19)26(31)35)13-23(39-22)30-14-18(5)24(33)29-27(30)36/h6-7,9-10,14,16-17,21-23H,8,12-13,15H2,1-5H3,(H,29,33,36)/t21-,22+,23+,40?/m0/s1. The van der Waals surface area contributed by atoms with E-state index < -0.39 is 50.0 Å². The fourth-order valence-corrected chi connectivity index (χ4v) is 6.68. The molecule has 4 rings (SSSR count). The number of nitrogens with one attached hydrogen (secondary N) is 1. The van der Waals surface area contributed by atoms with E-state index in [1.807, 2.05) is 27.7 Å². The quantitative estimate of drug-likeness (QED) is 0.244. The van der Waals surface area contributed by atoms with Gasteiger partial charge in [0.2, 0.25) is 0 Å². The molecule has 40 heavy (non-hydrogen) atoms. The predicted molar refractivity (Wildman–Crippen MR) is 146 cm³/mol. The maximum absolute atomic E-state index is 13.4. The Morgan fingerprint density at radius 3 is 2.30 bits per heavy atom. The number of fused-ring (bicyclic) bond motifs is 1. The van der Waals surface area contributed by atoms with Crippen molar-refractivity contribution in [3.05, 3.63) is 68.0 Å². The number of aromatic amines is 1. The van der Waals surface area contributed by atoms with Gasteiger partial charge in [0, 0.05) is 30.3 Å². The van der Waals surface area contributed by atoms with E-state index in [1.54, 1.807) is 31.2 Å². The van der Waals surface area contributed by atoms with Crippen molar-refractivity contribution in [2.45, 2.75) is 77.9 Å². The molecule has 1 fully saturated rings. The SMILES string of the molecule is Cc1cn([C@H]2C[C@H](N3C(=O)c4ccccc4C3=O)[C@@H](COP(OCCC#N)N(C(C)C)C(C)C)O2)c(=O)[nH]c1=O. The summed E-state index contributed by atoms with van der Waals surface area (Å²) < 4.78 is 21.9. The van der Waals surface area contributed by atoms with E-state index in [0.717, 1.165) is 0 Å². The van der Waals surface area contributed by atoms with Crippen LogP contribution in [0.4, 0.5) is 0 Å². The number of H-pyrrole nitrogens is 1. The fraction of sp³-hybridized carbons (Fsp3) is 0.519. The molecule has 3 heterocycles. The van der Waals surface area contributed by atoms with Crippen LogP contribution in [0.15, 0.2) is 40.1 Å². The number of nitriles is 1. The van der Waals surface area contributed by atoms with Gasteiger partial charge < -0.3 is 13.8 Å². The van der Waals surface area contributed by atoms with E-state index in [2.05, 4.69) is 15.7 Å². The first-order valence-electron chi connectivity index (χ1n) is 13.2. The van der Waals surface area contributed by atoms with E-state index in [9.17, 15) is 19.2 Å². The Kier molecular flexibility index (Phi) is 9.33. The number of amides is 2. The lowest BCUT2D eigenvalue weighted by atomic mass is 10.1. The molecule has 0 spiro atoms. The van der Waals surface area contributed by atoms with Gasteiger partial charge in [0.05, 0.1) is 42.9 Å². The van der Waals surface area contributed by atoms with Crippen molar-refractivity contribution < 1.29 is 23.4 Å². The molecule has 1 saturated heterocycles. The first-order chi connectivity index (χ1) is 19.0. The average molecular weight is 572 g/mol. The number of hydrogen-bond acceptors (Lipinski definition) is 9. The largest absolute Gasteiger partial charge is 0.350 e. The molecule has 1 aromatic carbocycles. The number of aryl methyl sites for hydroxylation is 1. The second-order valence-electron chi connectivity index (χ2n) is 10.3. The van der Waals surface area contributed by atoms with Crippen LogP contribution in [0.3, 0.4) is 0 Å². The molecule has 0 saturated carbocycles. The number of ether oxygens (including phenoxy) is 1. The lowest BCUT2D eigenvalue weighted by Crippen LogP contribution is -2.46. The molecule has 1 unspecified atom stereocenters. The molecular weight excluding hydrogens is 537 g/mol. The Hall–Kier alpha value is -3.20. The molecule has 1 aromatic heterocycles. The van der Waals surface area contributed by atoms with Crippen molar-refractivity contribution in [1.82, 2.24) is 19.1 Å². The Bertz CT molecular complexity index is 1370. The highest BCUT2D eigenvalue weighted by atomic mass is 31.2. The molecule has 214 valence electrons. The van der Waals surface area contributed by atoms with Gasteiger partial charge in [0.1, 0.15) is 12.3 Å². The third-order valence-corrected chi connectivity index (χ3v) is 8.90. The van der Waals surface area contributed by atoms with Gasteiger partial charge in [0.25, 0.3) is 25.9 Å². The third-order valence-electron chi connectivity index (χ3n) is 6.83. The summed E-state index contributed by atoms with van der Waals surface area (Å²) in [5.74, 6) is -0.883. The maximum Gasteiger partial charge on any atom is 0.330 e. The average Bonchev–Trinajstić information content (AvgIpc) is 3.42. The Balaban J connectivity index is 1.65. The minimum absolute atomic E-state index is 0.0418. The molecule has 2 amide bonds. The van der Waals surface area contributed by atoms with Crippen LogP contribution in [0.25, 0.3) is 0 Å². The van der Waals surface area contributed by atoms with Crippen LogP contribution in [0.2, 0.25) is 0 Å². The topological polar surface area (TPSA) is 147 Å². The van der Waals surface area contributed by atoms with Crippen LogP contribution in [-0.4, -0.2) is 68.4 Å². The van der Waals surface area contributed by atoms with Crippen LogP contribution in [0.5, 0.6) is 0 Å². The van der Waals surface area contributed by atoms with Crippen molar-refractivity contribution >= 4 is 20.3 Å². The minimum atomic E-state index is -1.62. The van der Waals surface area contributed by atoms with Gasteiger partial charge >= 0.3 is 5.69 Å². The zero-order valence-electron chi connectivity index (χ0n) is 23.2. The second-order valence-corrected chi connectivity index (χ2v) is 11.7. The fourth-order valence-electron chi connectivity index (χ4n) is 5.07. The summed E-state index contributed by atoms with van der Waals surface area (Å²) in [5, 5.41) is 9.00. The molecule has 1 N–H and O–H groups in total. The highest BCUT2D eigenvalue weighted by molar-refractivity contribution is 7.44. The second kappa shape index (κ2) is 12.5. The number of carbonyl (C=O) groups excluding carboxylic acids is 2. The van der Waals surface area contributed by atoms with Crippen LogP contribution >= 0.6 is 8.53 Å². The monoisotopic (exact) mass is 571 g/mol. The summed E-state index contributed by atoms with van der Waals surface area (Å²) in [6.45, 7) is 9.77. The van der Waals surface area contributed by atoms with Gasteiger partial charge in [-0.05, 0) is 46.8 Å². The van der Waals surface area contributed by atoms with E-state index in [4.69, 9.17) is 19.0 Å². The third kappa shape index (κ3) is 5.94. The molecule has 0 radical (unpaired) electrons. The van der Waals surface area contributed by atoms with Gasteiger partial charge in [-0.25, -0.2) is 9.46 Å². The summed E-state index contributed by atoms with van der Waals surface area (Å²) >= 11 is 0. The summed E-state index contributed by atoms with van der Waals surface area (Å²) in [6.07, 6.45) is 0.0717. The first kappa shape index (κ1) is 29.8. The predicted octanol–water partition coefficient (Wildman–Crippen LogP) is 3.09. The molecule has 13 heteroatoms. The van der Waals surface area contributed by atoms with Gasteiger partial charge in [-0.1, -0.05) is 12.1 Å². The van der Waals surface area contributed by atoms with Gasteiger partial charge in [0.15, 0.2) is 0 Å². The molecular formula is C27H34N5O7P. The van der Waals surface area contributed by atoms with E-state index in [-0.39, 0.29) is 38.1 Å². The normalized spacial score (nSPS) is 21.5. The number of hydrogen-bond donors (Lipinski definition) is 1.